The summed E-state index contributed by atoms with van der Waals surface area (Å²) < 4.78 is 0. The molecule has 0 fully saturated rings. The number of carbonyl (C=O) groups is 2. The molecule has 1 unspecified atom stereocenters. The van der Waals surface area contributed by atoms with Crippen LogP contribution >= 0.6 is 11.8 Å². The summed E-state index contributed by atoms with van der Waals surface area (Å²) >= 11 is 1.59. The highest BCUT2D eigenvalue weighted by Crippen LogP contribution is 2.20. The van der Waals surface area contributed by atoms with E-state index >= 15 is 0 Å². The molecule has 1 N–H and O–H groups in total. The van der Waals surface area contributed by atoms with E-state index < -0.39 is 6.04 Å². The van der Waals surface area contributed by atoms with Crippen LogP contribution in [0.1, 0.15) is 27.8 Å². The van der Waals surface area contributed by atoms with E-state index in [0.29, 0.717) is 18.7 Å². The Morgan fingerprint density at radius 2 is 1.61 bits per heavy atom. The van der Waals surface area contributed by atoms with Gasteiger partial charge in [0.1, 0.15) is 6.04 Å². The lowest BCUT2D eigenvalue weighted by molar-refractivity contribution is -0.139. The molecule has 0 radical (unpaired) electrons. The second-order valence-electron chi connectivity index (χ2n) is 8.25. The molecule has 33 heavy (non-hydrogen) atoms. The zero-order valence-corrected chi connectivity index (χ0v) is 20.4. The smallest absolute Gasteiger partial charge is 0.242 e. The molecule has 4 nitrogen and oxygen atoms in total. The Bertz CT molecular complexity index is 1070. The summed E-state index contributed by atoms with van der Waals surface area (Å²) in [5.74, 6) is 0.904. The van der Waals surface area contributed by atoms with Crippen molar-refractivity contribution in [1.29, 1.82) is 0 Å². The van der Waals surface area contributed by atoms with Crippen molar-refractivity contribution in [2.24, 2.45) is 0 Å². The van der Waals surface area contributed by atoms with E-state index in [-0.39, 0.29) is 11.8 Å². The first kappa shape index (κ1) is 24.6. The fourth-order valence-corrected chi connectivity index (χ4v) is 4.69. The fraction of sp³-hybridized carbons (Fsp3) is 0.286. The molecule has 3 aromatic rings. The van der Waals surface area contributed by atoms with Crippen molar-refractivity contribution < 1.29 is 9.59 Å². The van der Waals surface area contributed by atoms with Gasteiger partial charge in [0.05, 0.1) is 5.75 Å². The summed E-state index contributed by atoms with van der Waals surface area (Å²) in [5, 5.41) is 2.77. The number of hydrogen-bond acceptors (Lipinski definition) is 3. The fourth-order valence-electron chi connectivity index (χ4n) is 3.83. The van der Waals surface area contributed by atoms with Gasteiger partial charge in [0, 0.05) is 25.8 Å². The van der Waals surface area contributed by atoms with Crippen molar-refractivity contribution in [1.82, 2.24) is 10.2 Å². The van der Waals surface area contributed by atoms with Crippen molar-refractivity contribution in [3.05, 3.63) is 107 Å². The number of nitrogens with zero attached hydrogens (tertiary/aromatic N) is 1. The van der Waals surface area contributed by atoms with Crippen LogP contribution in [0.2, 0.25) is 0 Å². The topological polar surface area (TPSA) is 49.4 Å². The molecule has 3 aromatic carbocycles. The van der Waals surface area contributed by atoms with Gasteiger partial charge in [0.25, 0.3) is 0 Å². The average Bonchev–Trinajstić information content (AvgIpc) is 2.82. The molecule has 0 aliphatic carbocycles. The molecule has 3 rings (SSSR count). The van der Waals surface area contributed by atoms with E-state index in [1.54, 1.807) is 23.7 Å². The second-order valence-corrected chi connectivity index (χ2v) is 9.24. The lowest BCUT2D eigenvalue weighted by Gasteiger charge is -2.31. The van der Waals surface area contributed by atoms with Gasteiger partial charge in [-0.2, -0.15) is 0 Å². The monoisotopic (exact) mass is 460 g/mol. The zero-order chi connectivity index (χ0) is 23.6. The van der Waals surface area contributed by atoms with Crippen LogP contribution in [0.5, 0.6) is 0 Å². The first-order valence-electron chi connectivity index (χ1n) is 11.2. The van der Waals surface area contributed by atoms with Crippen LogP contribution in [0.25, 0.3) is 0 Å². The van der Waals surface area contributed by atoms with Crippen LogP contribution in [-0.2, 0) is 28.3 Å². The maximum atomic E-state index is 13.5. The largest absolute Gasteiger partial charge is 0.357 e. The molecule has 0 saturated carbocycles. The third-order valence-corrected chi connectivity index (χ3v) is 6.68. The van der Waals surface area contributed by atoms with E-state index in [2.05, 4.69) is 30.4 Å². The van der Waals surface area contributed by atoms with Crippen molar-refractivity contribution in [2.45, 2.75) is 38.6 Å². The molecular weight excluding hydrogens is 428 g/mol. The second kappa shape index (κ2) is 12.3. The van der Waals surface area contributed by atoms with Gasteiger partial charge < -0.3 is 10.2 Å². The van der Waals surface area contributed by atoms with Crippen LogP contribution in [0.4, 0.5) is 0 Å². The highest BCUT2D eigenvalue weighted by molar-refractivity contribution is 7.99. The number of carbonyl (C=O) groups excluding carboxylic acids is 2. The molecular formula is C28H32N2O2S. The quantitative estimate of drug-likeness (QED) is 0.467. The Hall–Kier alpha value is -3.05. The SMILES string of the molecule is CNC(=O)C(Cc1ccccc1)N(Cc1ccccc1C)C(=O)CSCc1cccc(C)c1. The first-order chi connectivity index (χ1) is 16.0. The van der Waals surface area contributed by atoms with Crippen LogP contribution < -0.4 is 5.32 Å². The molecule has 0 spiro atoms. The third kappa shape index (κ3) is 7.22. The van der Waals surface area contributed by atoms with Gasteiger partial charge in [0.15, 0.2) is 0 Å². The van der Waals surface area contributed by atoms with Crippen molar-refractivity contribution >= 4 is 23.6 Å². The minimum absolute atomic E-state index is 0.0274. The highest BCUT2D eigenvalue weighted by Gasteiger charge is 2.29. The summed E-state index contributed by atoms with van der Waals surface area (Å²) in [6, 6.07) is 25.7. The van der Waals surface area contributed by atoms with Crippen molar-refractivity contribution in [3.63, 3.8) is 0 Å². The van der Waals surface area contributed by atoms with E-state index in [1.807, 2.05) is 67.6 Å². The number of benzene rings is 3. The summed E-state index contributed by atoms with van der Waals surface area (Å²) in [6.45, 7) is 4.51. The number of rotatable bonds is 10. The molecule has 0 bridgehead atoms. The van der Waals surface area contributed by atoms with Gasteiger partial charge >= 0.3 is 0 Å². The first-order valence-corrected chi connectivity index (χ1v) is 12.4. The van der Waals surface area contributed by atoms with Crippen molar-refractivity contribution in [3.8, 4) is 0 Å². The summed E-state index contributed by atoms with van der Waals surface area (Å²) in [4.78, 5) is 28.2. The predicted octanol–water partition coefficient (Wildman–Crippen LogP) is 4.92. The number of nitrogens with one attached hydrogen (secondary N) is 1. The number of likely N-dealkylation sites (N-methyl/N-ethyl adjacent to an activating group) is 1. The number of hydrogen-bond donors (Lipinski definition) is 1. The average molecular weight is 461 g/mol. The lowest BCUT2D eigenvalue weighted by Crippen LogP contribution is -2.50. The van der Waals surface area contributed by atoms with Crippen LogP contribution in [0.3, 0.4) is 0 Å². The minimum Gasteiger partial charge on any atom is -0.357 e. The van der Waals surface area contributed by atoms with Crippen LogP contribution in [0, 0.1) is 13.8 Å². The Labute approximate surface area is 201 Å². The summed E-state index contributed by atoms with van der Waals surface area (Å²) in [6.07, 6.45) is 0.473. The van der Waals surface area contributed by atoms with Crippen molar-refractivity contribution in [2.75, 3.05) is 12.8 Å². The van der Waals surface area contributed by atoms with Gasteiger partial charge in [-0.1, -0.05) is 84.4 Å². The number of amides is 2. The standard InChI is InChI=1S/C28H32N2O2S/c1-21-10-9-14-24(16-21)19-33-20-27(31)30(18-25-15-8-7-11-22(25)2)26(28(32)29-3)17-23-12-5-4-6-13-23/h4-16,26H,17-20H2,1-3H3,(H,29,32). The van der Waals surface area contributed by atoms with Gasteiger partial charge in [-0.25, -0.2) is 0 Å². The number of aryl methyl sites for hydroxylation is 2. The summed E-state index contributed by atoms with van der Waals surface area (Å²) in [5.41, 5.74) is 5.60. The molecule has 1 atom stereocenters. The van der Waals surface area contributed by atoms with E-state index in [1.165, 1.54) is 11.1 Å². The van der Waals surface area contributed by atoms with E-state index in [4.69, 9.17) is 0 Å². The molecule has 0 aliphatic heterocycles. The normalized spacial score (nSPS) is 11.6. The van der Waals surface area contributed by atoms with Gasteiger partial charge in [0.2, 0.25) is 11.8 Å². The number of thioether (sulfide) groups is 1. The van der Waals surface area contributed by atoms with Gasteiger partial charge in [-0.15, -0.1) is 11.8 Å². The molecule has 0 saturated heterocycles. The Kier molecular flexibility index (Phi) is 9.14. The molecule has 0 aliphatic rings. The minimum atomic E-state index is -0.580. The van der Waals surface area contributed by atoms with E-state index in [0.717, 1.165) is 22.4 Å². The molecule has 2 amide bonds. The zero-order valence-electron chi connectivity index (χ0n) is 19.6. The van der Waals surface area contributed by atoms with Crippen LogP contribution in [-0.4, -0.2) is 35.6 Å². The van der Waals surface area contributed by atoms with E-state index in [9.17, 15) is 9.59 Å². The highest BCUT2D eigenvalue weighted by atomic mass is 32.2. The Morgan fingerprint density at radius 1 is 0.909 bits per heavy atom. The molecule has 172 valence electrons. The molecule has 5 heteroatoms. The predicted molar refractivity (Wildman–Crippen MR) is 137 cm³/mol. The Morgan fingerprint density at radius 3 is 2.30 bits per heavy atom. The van der Waals surface area contributed by atoms with Crippen LogP contribution in [0.15, 0.2) is 78.9 Å². The molecule has 0 heterocycles. The van der Waals surface area contributed by atoms with Gasteiger partial charge in [-0.05, 0) is 36.1 Å². The molecule has 0 aromatic heterocycles. The maximum Gasteiger partial charge on any atom is 0.242 e. The maximum absolute atomic E-state index is 13.5. The van der Waals surface area contributed by atoms with Gasteiger partial charge in [-0.3, -0.25) is 9.59 Å². The third-order valence-electron chi connectivity index (χ3n) is 5.70. The summed E-state index contributed by atoms with van der Waals surface area (Å²) in [7, 11) is 1.63. The lowest BCUT2D eigenvalue weighted by atomic mass is 10.0. The Balaban J connectivity index is 1.82.